The monoisotopic (exact) mass is 140 g/mol. The fraction of sp³-hybridized carbons (Fsp3) is 0.857. The highest BCUT2D eigenvalue weighted by Crippen LogP contribution is 2.44. The molecule has 10 heavy (non-hydrogen) atoms. The van der Waals surface area contributed by atoms with E-state index in [9.17, 15) is 4.79 Å². The minimum atomic E-state index is 0.190. The smallest absolute Gasteiger partial charge is 0.227 e. The van der Waals surface area contributed by atoms with Gasteiger partial charge in [-0.25, -0.2) is 0 Å². The Morgan fingerprint density at radius 1 is 1.80 bits per heavy atom. The maximum absolute atomic E-state index is 11.2. The van der Waals surface area contributed by atoms with Crippen molar-refractivity contribution in [1.29, 1.82) is 0 Å². The molecule has 1 heterocycles. The van der Waals surface area contributed by atoms with Crippen molar-refractivity contribution in [2.75, 3.05) is 13.1 Å². The summed E-state index contributed by atoms with van der Waals surface area (Å²) in [6.07, 6.45) is 0. The molecule has 0 radical (unpaired) electrons. The van der Waals surface area contributed by atoms with Crippen molar-refractivity contribution >= 4 is 5.91 Å². The molecule has 2 rings (SSSR count). The first-order valence-corrected chi connectivity index (χ1v) is 3.80. The van der Waals surface area contributed by atoms with Crippen molar-refractivity contribution in [1.82, 2.24) is 4.90 Å². The number of hydrogen-bond donors (Lipinski definition) is 1. The van der Waals surface area contributed by atoms with Crippen LogP contribution in [0.25, 0.3) is 0 Å². The van der Waals surface area contributed by atoms with Gasteiger partial charge in [-0.2, -0.15) is 0 Å². The van der Waals surface area contributed by atoms with Crippen LogP contribution < -0.4 is 5.73 Å². The van der Waals surface area contributed by atoms with Gasteiger partial charge >= 0.3 is 0 Å². The van der Waals surface area contributed by atoms with Gasteiger partial charge in [0.15, 0.2) is 0 Å². The highest BCUT2D eigenvalue weighted by atomic mass is 16.2. The molecule has 2 aliphatic rings. The van der Waals surface area contributed by atoms with Crippen molar-refractivity contribution in [3.63, 3.8) is 0 Å². The zero-order valence-electron chi connectivity index (χ0n) is 6.08. The second kappa shape index (κ2) is 1.72. The quantitative estimate of drug-likeness (QED) is 0.529. The van der Waals surface area contributed by atoms with Gasteiger partial charge in [0.25, 0.3) is 0 Å². The summed E-state index contributed by atoms with van der Waals surface area (Å²) in [7, 11) is 0. The molecule has 3 unspecified atom stereocenters. The molecule has 3 atom stereocenters. The lowest BCUT2D eigenvalue weighted by molar-refractivity contribution is -0.129. The Hall–Kier alpha value is -0.570. The van der Waals surface area contributed by atoms with E-state index in [-0.39, 0.29) is 17.9 Å². The van der Waals surface area contributed by atoms with Gasteiger partial charge in [0.1, 0.15) is 0 Å². The lowest BCUT2D eigenvalue weighted by Gasteiger charge is -2.15. The van der Waals surface area contributed by atoms with E-state index in [0.717, 1.165) is 13.1 Å². The van der Waals surface area contributed by atoms with Crippen LogP contribution >= 0.6 is 0 Å². The lowest BCUT2D eigenvalue weighted by atomic mass is 10.4. The molecule has 3 heteroatoms. The fourth-order valence-electron chi connectivity index (χ4n) is 1.82. The Labute approximate surface area is 60.2 Å². The summed E-state index contributed by atoms with van der Waals surface area (Å²) in [6, 6.07) is 0.190. The van der Waals surface area contributed by atoms with Gasteiger partial charge in [0.2, 0.25) is 5.91 Å². The number of nitrogens with zero attached hydrogens (tertiary/aromatic N) is 1. The van der Waals surface area contributed by atoms with Crippen LogP contribution in [0.2, 0.25) is 0 Å². The molecule has 2 N–H and O–H groups in total. The Kier molecular flexibility index (Phi) is 1.06. The van der Waals surface area contributed by atoms with Gasteiger partial charge in [-0.15, -0.1) is 0 Å². The number of carbonyl (C=O) groups is 1. The molecule has 1 aliphatic carbocycles. The second-order valence-electron chi connectivity index (χ2n) is 3.14. The molecule has 56 valence electrons. The van der Waals surface area contributed by atoms with E-state index in [1.165, 1.54) is 0 Å². The summed E-state index contributed by atoms with van der Waals surface area (Å²) >= 11 is 0. The van der Waals surface area contributed by atoms with Crippen LogP contribution in [0.3, 0.4) is 0 Å². The molecule has 1 amide bonds. The largest absolute Gasteiger partial charge is 0.342 e. The third-order valence-corrected chi connectivity index (χ3v) is 2.64. The number of amides is 1. The molecule has 0 spiro atoms. The summed E-state index contributed by atoms with van der Waals surface area (Å²) in [5, 5.41) is 0. The van der Waals surface area contributed by atoms with E-state index >= 15 is 0 Å². The molecule has 1 saturated carbocycles. The number of nitrogens with two attached hydrogens (primary N) is 1. The summed E-state index contributed by atoms with van der Waals surface area (Å²) in [4.78, 5) is 13.1. The number of hydrogen-bond acceptors (Lipinski definition) is 2. The van der Waals surface area contributed by atoms with Crippen molar-refractivity contribution in [3.8, 4) is 0 Å². The van der Waals surface area contributed by atoms with Crippen LogP contribution in [0.1, 0.15) is 6.92 Å². The number of rotatable bonds is 1. The predicted octanol–water partition coefficient (Wildman–Crippen LogP) is -0.578. The third kappa shape index (κ3) is 0.560. The van der Waals surface area contributed by atoms with Gasteiger partial charge in [0.05, 0.1) is 5.92 Å². The summed E-state index contributed by atoms with van der Waals surface area (Å²) in [5.74, 6) is 0.965. The zero-order valence-corrected chi connectivity index (χ0v) is 6.08. The van der Waals surface area contributed by atoms with Crippen LogP contribution in [0.15, 0.2) is 0 Å². The number of carbonyl (C=O) groups excluding carboxylic acids is 1. The Morgan fingerprint density at radius 2 is 2.50 bits per heavy atom. The molecule has 0 aromatic rings. The average molecular weight is 140 g/mol. The van der Waals surface area contributed by atoms with Crippen LogP contribution in [0.5, 0.6) is 0 Å². The van der Waals surface area contributed by atoms with E-state index in [2.05, 4.69) is 0 Å². The number of likely N-dealkylation sites (tertiary alicyclic amines) is 1. The lowest BCUT2D eigenvalue weighted by Crippen LogP contribution is -2.32. The minimum absolute atomic E-state index is 0.190. The van der Waals surface area contributed by atoms with Gasteiger partial charge in [-0.1, -0.05) is 0 Å². The minimum Gasteiger partial charge on any atom is -0.342 e. The van der Waals surface area contributed by atoms with E-state index in [1.807, 2.05) is 11.8 Å². The number of fused-ring (bicyclic) bond motifs is 1. The summed E-state index contributed by atoms with van der Waals surface area (Å²) in [6.45, 7) is 3.76. The molecule has 1 saturated heterocycles. The van der Waals surface area contributed by atoms with E-state index in [0.29, 0.717) is 5.92 Å². The van der Waals surface area contributed by atoms with E-state index < -0.39 is 0 Å². The first-order valence-electron chi connectivity index (χ1n) is 3.80. The molecule has 2 fully saturated rings. The standard InChI is InChI=1S/C7H12N2O/c1-2-9-3-4-5(6(4)8)7(9)10/h4-6H,2-3,8H2,1H3. The highest BCUT2D eigenvalue weighted by molar-refractivity contribution is 5.86. The highest BCUT2D eigenvalue weighted by Gasteiger charge is 2.59. The maximum atomic E-state index is 11.2. The van der Waals surface area contributed by atoms with Crippen molar-refractivity contribution in [2.45, 2.75) is 13.0 Å². The summed E-state index contributed by atoms with van der Waals surface area (Å²) in [5.41, 5.74) is 5.63. The molecular formula is C7H12N2O. The Balaban J connectivity index is 2.07. The molecule has 0 aromatic heterocycles. The first-order chi connectivity index (χ1) is 4.75. The van der Waals surface area contributed by atoms with Crippen LogP contribution in [-0.4, -0.2) is 29.9 Å². The summed E-state index contributed by atoms with van der Waals surface area (Å²) < 4.78 is 0. The van der Waals surface area contributed by atoms with Gasteiger partial charge in [-0.05, 0) is 6.92 Å². The number of piperidine rings is 1. The van der Waals surface area contributed by atoms with Crippen LogP contribution in [0, 0.1) is 11.8 Å². The molecule has 0 bridgehead atoms. The third-order valence-electron chi connectivity index (χ3n) is 2.64. The van der Waals surface area contributed by atoms with Crippen LogP contribution in [0.4, 0.5) is 0 Å². The fourth-order valence-corrected chi connectivity index (χ4v) is 1.82. The van der Waals surface area contributed by atoms with Crippen LogP contribution in [-0.2, 0) is 4.79 Å². The SMILES string of the molecule is CCN1CC2C(N)C2C1=O. The van der Waals surface area contributed by atoms with Crippen molar-refractivity contribution in [3.05, 3.63) is 0 Å². The second-order valence-corrected chi connectivity index (χ2v) is 3.14. The predicted molar refractivity (Wildman–Crippen MR) is 37.2 cm³/mol. The molecule has 1 aliphatic heterocycles. The van der Waals surface area contributed by atoms with E-state index in [1.54, 1.807) is 0 Å². The normalized spacial score (nSPS) is 44.0. The van der Waals surface area contributed by atoms with E-state index in [4.69, 9.17) is 5.73 Å². The molecular weight excluding hydrogens is 128 g/mol. The zero-order chi connectivity index (χ0) is 7.30. The molecule has 3 nitrogen and oxygen atoms in total. The van der Waals surface area contributed by atoms with Crippen molar-refractivity contribution < 1.29 is 4.79 Å². The average Bonchev–Trinajstić information content (AvgIpc) is 2.38. The van der Waals surface area contributed by atoms with Gasteiger partial charge in [0, 0.05) is 25.0 Å². The topological polar surface area (TPSA) is 46.3 Å². The Morgan fingerprint density at radius 3 is 2.90 bits per heavy atom. The maximum Gasteiger partial charge on any atom is 0.227 e. The molecule has 0 aromatic carbocycles. The first kappa shape index (κ1) is 6.16. The van der Waals surface area contributed by atoms with Gasteiger partial charge < -0.3 is 10.6 Å². The van der Waals surface area contributed by atoms with Gasteiger partial charge in [-0.3, -0.25) is 4.79 Å². The Bertz CT molecular complexity index is 176. The van der Waals surface area contributed by atoms with Crippen molar-refractivity contribution in [2.24, 2.45) is 17.6 Å².